The van der Waals surface area contributed by atoms with Crippen molar-refractivity contribution >= 4 is 84.8 Å². The van der Waals surface area contributed by atoms with Crippen molar-refractivity contribution < 1.29 is 23.3 Å². The molecule has 6 heteroatoms. The van der Waals surface area contributed by atoms with Gasteiger partial charge in [-0.2, -0.15) is 9.97 Å². The Hall–Kier alpha value is -6.21. The average molecular weight is 704 g/mol. The number of benzene rings is 7. The first-order valence-electron chi connectivity index (χ1n) is 24.1. The fraction of sp³-hybridized carbons (Fsp3) is 0. The smallest absolute Gasteiger partial charge is 0.238 e. The third kappa shape index (κ3) is 4.40. The van der Waals surface area contributed by atoms with E-state index in [2.05, 4.69) is 0 Å². The quantitative estimate of drug-likeness (QED) is 0.183. The second-order valence-electron chi connectivity index (χ2n) is 11.5. The Kier molecular flexibility index (Phi) is 3.64. The molecule has 4 heterocycles. The lowest BCUT2D eigenvalue weighted by molar-refractivity contribution is 0.955. The van der Waals surface area contributed by atoms with E-state index < -0.39 is 103 Å². The number of para-hydroxylation sites is 1. The summed E-state index contributed by atoms with van der Waals surface area (Å²) < 4.78 is 153. The molecule has 0 atom stereocenters. The molecule has 11 aromatic rings. The number of fused-ring (bicyclic) bond motifs is 10. The molecule has 0 bridgehead atoms. The van der Waals surface area contributed by atoms with Gasteiger partial charge in [-0.05, 0) is 47.4 Å². The third-order valence-corrected chi connectivity index (χ3v) is 10.9. The van der Waals surface area contributed by atoms with Crippen molar-refractivity contribution in [2.45, 2.75) is 0 Å². The zero-order valence-electron chi connectivity index (χ0n) is 42.8. The third-order valence-electron chi connectivity index (χ3n) is 8.68. The molecule has 7 aromatic carbocycles. The highest BCUT2D eigenvalue weighted by Gasteiger charge is 2.22. The van der Waals surface area contributed by atoms with Crippen LogP contribution in [-0.2, 0) is 0 Å². The molecule has 4 aromatic heterocycles. The predicted octanol–water partition coefficient (Wildman–Crippen LogP) is 12.7. The van der Waals surface area contributed by atoms with E-state index in [9.17, 15) is 6.85 Å². The van der Waals surface area contributed by atoms with Gasteiger partial charge in [0.05, 0.1) is 34.3 Å². The molecule has 0 aliphatic carbocycles. The highest BCUT2D eigenvalue weighted by atomic mass is 32.1. The number of aromatic nitrogens is 4. The van der Waals surface area contributed by atoms with Gasteiger partial charge >= 0.3 is 0 Å². The summed E-state index contributed by atoms with van der Waals surface area (Å²) >= 11 is 1.75. The van der Waals surface area contributed by atoms with E-state index in [0.717, 1.165) is 33.8 Å². The standard InChI is InChI=1S/C45H26N4S2/c1-2-12-27(13-3-1)28-14-10-15-29(26-28)43-46-44(35-20-11-19-32-30-16-5-8-22-38(30)50-41(32)35)48-45(47-43)49-36-21-7-4-18-34(36)40-37(49)25-24-33-31-17-6-9-23-39(31)51-42(33)40/h1-26H/i4D,5D,6D,7D,8D,9D,11D,16D,17D,18D,19D,20D,21D,22D,23D,24D,25D. The summed E-state index contributed by atoms with van der Waals surface area (Å²) in [6.07, 6.45) is 0. The molecule has 0 fully saturated rings. The fourth-order valence-corrected chi connectivity index (χ4v) is 8.61. The molecule has 238 valence electrons. The molecule has 0 N–H and O–H groups in total. The largest absolute Gasteiger partial charge is 0.278 e. The van der Waals surface area contributed by atoms with Gasteiger partial charge in [0.15, 0.2) is 11.6 Å². The summed E-state index contributed by atoms with van der Waals surface area (Å²) in [5.41, 5.74) is 1.43. The molecular weight excluding hydrogens is 661 g/mol. The maximum atomic E-state index is 9.64. The highest BCUT2D eigenvalue weighted by molar-refractivity contribution is 7.27. The summed E-state index contributed by atoms with van der Waals surface area (Å²) in [4.78, 5) is 14.6. The van der Waals surface area contributed by atoms with E-state index >= 15 is 0 Å². The molecule has 0 unspecified atom stereocenters. The van der Waals surface area contributed by atoms with Crippen LogP contribution in [0.25, 0.3) is 102 Å². The SMILES string of the molecule is [2H]c1c([2H])c([2H])c2c(sc3c(-c4nc(-c5cccc(-c6ccccc6)c5)nc(-n5c6c([2H])c([2H])c([2H])c([2H])c6c6c7sc8c([2H])c([2H])c([2H])c([2H])c8c7c([2H])c([2H])c65)n4)c([2H])c([2H])c([2H])c32)c1[2H]. The van der Waals surface area contributed by atoms with Gasteiger partial charge in [-0.15, -0.1) is 22.7 Å². The van der Waals surface area contributed by atoms with E-state index in [1.807, 2.05) is 36.4 Å². The normalized spacial score (nSPS) is 16.6. The number of hydrogen-bond acceptors (Lipinski definition) is 5. The Morgan fingerprint density at radius 1 is 0.471 bits per heavy atom. The summed E-state index contributed by atoms with van der Waals surface area (Å²) in [6, 6.07) is 7.62. The molecular formula is C45H26N4S2. The molecule has 0 aliphatic heterocycles. The van der Waals surface area contributed by atoms with Crippen molar-refractivity contribution in [3.63, 3.8) is 0 Å². The maximum Gasteiger partial charge on any atom is 0.238 e. The van der Waals surface area contributed by atoms with E-state index in [0.29, 0.717) is 5.56 Å². The van der Waals surface area contributed by atoms with Crippen LogP contribution in [0.3, 0.4) is 0 Å². The minimum absolute atomic E-state index is 0.0191. The molecule has 0 saturated heterocycles. The Morgan fingerprint density at radius 3 is 1.94 bits per heavy atom. The van der Waals surface area contributed by atoms with Crippen LogP contribution in [0.5, 0.6) is 0 Å². The van der Waals surface area contributed by atoms with Crippen LogP contribution in [0, 0.1) is 0 Å². The van der Waals surface area contributed by atoms with Gasteiger partial charge in [-0.25, -0.2) is 4.98 Å². The molecule has 11 rings (SSSR count). The monoisotopic (exact) mass is 703 g/mol. The van der Waals surface area contributed by atoms with Crippen LogP contribution in [0.15, 0.2) is 157 Å². The number of rotatable bonds is 4. The first kappa shape index (κ1) is 16.7. The lowest BCUT2D eigenvalue weighted by Gasteiger charge is -2.12. The fourth-order valence-electron chi connectivity index (χ4n) is 6.43. The molecule has 0 amide bonds. The van der Waals surface area contributed by atoms with Crippen molar-refractivity contribution in [1.29, 1.82) is 0 Å². The van der Waals surface area contributed by atoms with Gasteiger partial charge in [-0.1, -0.05) is 121 Å². The van der Waals surface area contributed by atoms with Gasteiger partial charge in [0, 0.05) is 62.2 Å². The van der Waals surface area contributed by atoms with E-state index in [-0.39, 0.29) is 85.3 Å². The second-order valence-corrected chi connectivity index (χ2v) is 13.6. The molecule has 0 radical (unpaired) electrons. The predicted molar refractivity (Wildman–Crippen MR) is 216 cm³/mol. The highest BCUT2D eigenvalue weighted by Crippen LogP contribution is 2.44. The van der Waals surface area contributed by atoms with Crippen molar-refractivity contribution in [3.8, 4) is 39.9 Å². The zero-order valence-corrected chi connectivity index (χ0v) is 27.4. The van der Waals surface area contributed by atoms with Gasteiger partial charge in [0.1, 0.15) is 0 Å². The summed E-state index contributed by atoms with van der Waals surface area (Å²) in [6.45, 7) is 0. The van der Waals surface area contributed by atoms with Gasteiger partial charge in [0.25, 0.3) is 0 Å². The van der Waals surface area contributed by atoms with Crippen molar-refractivity contribution in [3.05, 3.63) is 157 Å². The zero-order chi connectivity index (χ0) is 48.3. The first-order valence-corrected chi connectivity index (χ1v) is 17.2. The van der Waals surface area contributed by atoms with Crippen LogP contribution in [-0.4, -0.2) is 19.5 Å². The number of nitrogens with zero attached hydrogens (tertiary/aromatic N) is 4. The van der Waals surface area contributed by atoms with Crippen molar-refractivity contribution in [1.82, 2.24) is 19.5 Å². The second kappa shape index (κ2) is 11.2. The summed E-state index contributed by atoms with van der Waals surface area (Å²) in [5, 5.41) is -0.211. The lowest BCUT2D eigenvalue weighted by atomic mass is 10.0. The summed E-state index contributed by atoms with van der Waals surface area (Å²) in [7, 11) is 0. The van der Waals surface area contributed by atoms with E-state index in [1.54, 1.807) is 18.2 Å². The van der Waals surface area contributed by atoms with Crippen LogP contribution >= 0.6 is 22.7 Å². The minimum Gasteiger partial charge on any atom is -0.278 e. The lowest BCUT2D eigenvalue weighted by Crippen LogP contribution is -2.06. The van der Waals surface area contributed by atoms with Crippen LogP contribution < -0.4 is 0 Å². The Balaban J connectivity index is 1.35. The Morgan fingerprint density at radius 2 is 1.12 bits per heavy atom. The number of hydrogen-bond donors (Lipinski definition) is 0. The minimum atomic E-state index is -0.661. The topological polar surface area (TPSA) is 43.6 Å². The molecule has 51 heavy (non-hydrogen) atoms. The molecule has 0 aliphatic rings. The van der Waals surface area contributed by atoms with E-state index in [1.165, 1.54) is 4.57 Å². The van der Waals surface area contributed by atoms with Gasteiger partial charge in [-0.3, -0.25) is 4.57 Å². The van der Waals surface area contributed by atoms with Crippen molar-refractivity contribution in [2.75, 3.05) is 0 Å². The van der Waals surface area contributed by atoms with Gasteiger partial charge in [0.2, 0.25) is 5.95 Å². The van der Waals surface area contributed by atoms with Crippen molar-refractivity contribution in [2.24, 2.45) is 0 Å². The van der Waals surface area contributed by atoms with Crippen LogP contribution in [0.1, 0.15) is 23.3 Å². The van der Waals surface area contributed by atoms with Crippen LogP contribution in [0.4, 0.5) is 0 Å². The first-order chi connectivity index (χ1) is 32.3. The van der Waals surface area contributed by atoms with Crippen LogP contribution in [0.2, 0.25) is 0 Å². The summed E-state index contributed by atoms with van der Waals surface area (Å²) in [5.74, 6) is -0.708. The number of thiophene rings is 2. The molecule has 0 saturated carbocycles. The average Bonchev–Trinajstić information content (AvgIpc) is 4.05. The Bertz CT molecular complexity index is 4130. The molecule has 4 nitrogen and oxygen atoms in total. The Labute approximate surface area is 324 Å². The maximum absolute atomic E-state index is 9.64. The van der Waals surface area contributed by atoms with E-state index in [4.69, 9.17) is 31.4 Å². The van der Waals surface area contributed by atoms with Gasteiger partial charge < -0.3 is 0 Å². The molecule has 0 spiro atoms.